The Morgan fingerprint density at radius 1 is 1.00 bits per heavy atom. The predicted molar refractivity (Wildman–Crippen MR) is 102 cm³/mol. The van der Waals surface area contributed by atoms with Crippen molar-refractivity contribution in [1.82, 2.24) is 20.4 Å². The summed E-state index contributed by atoms with van der Waals surface area (Å²) in [5.74, 6) is 0. The van der Waals surface area contributed by atoms with E-state index in [-0.39, 0.29) is 10.8 Å². The summed E-state index contributed by atoms with van der Waals surface area (Å²) in [6, 6.07) is 6.56. The first-order chi connectivity index (χ1) is 11.8. The molecule has 0 spiro atoms. The molecule has 4 nitrogen and oxygen atoms in total. The van der Waals surface area contributed by atoms with E-state index in [9.17, 15) is 0 Å². The monoisotopic (exact) mass is 336 g/mol. The SMILES string of the molecule is CC(C)(C)c1[nH]nc2c(CC(C)(C)c3n[nH]c4c3CCC4)cccc12. The van der Waals surface area contributed by atoms with Gasteiger partial charge in [-0.1, -0.05) is 52.8 Å². The number of fused-ring (bicyclic) bond motifs is 2. The van der Waals surface area contributed by atoms with Crippen LogP contribution in [0.1, 0.15) is 69.2 Å². The van der Waals surface area contributed by atoms with Crippen molar-refractivity contribution < 1.29 is 0 Å². The van der Waals surface area contributed by atoms with Crippen LogP contribution in [0.25, 0.3) is 10.9 Å². The lowest BCUT2D eigenvalue weighted by Gasteiger charge is -2.24. The van der Waals surface area contributed by atoms with Crippen molar-refractivity contribution in [1.29, 1.82) is 0 Å². The van der Waals surface area contributed by atoms with E-state index in [2.05, 4.69) is 73.2 Å². The molecular formula is C21H28N4. The van der Waals surface area contributed by atoms with Crippen molar-refractivity contribution >= 4 is 10.9 Å². The Kier molecular flexibility index (Phi) is 3.57. The summed E-state index contributed by atoms with van der Waals surface area (Å²) >= 11 is 0. The number of aromatic amines is 2. The van der Waals surface area contributed by atoms with E-state index in [0.717, 1.165) is 24.8 Å². The summed E-state index contributed by atoms with van der Waals surface area (Å²) in [6.07, 6.45) is 4.49. The van der Waals surface area contributed by atoms with Gasteiger partial charge < -0.3 is 0 Å². The van der Waals surface area contributed by atoms with E-state index in [1.54, 1.807) is 0 Å². The summed E-state index contributed by atoms with van der Waals surface area (Å²) in [4.78, 5) is 0. The third kappa shape index (κ3) is 2.68. The number of benzene rings is 1. The summed E-state index contributed by atoms with van der Waals surface area (Å²) in [5.41, 5.74) is 7.70. The number of nitrogens with one attached hydrogen (secondary N) is 2. The molecule has 0 bridgehead atoms. The van der Waals surface area contributed by atoms with Crippen molar-refractivity contribution in [2.24, 2.45) is 0 Å². The van der Waals surface area contributed by atoms with Crippen LogP contribution in [-0.4, -0.2) is 20.4 Å². The summed E-state index contributed by atoms with van der Waals surface area (Å²) in [5, 5.41) is 17.1. The lowest BCUT2D eigenvalue weighted by Crippen LogP contribution is -2.23. The lowest BCUT2D eigenvalue weighted by atomic mass is 9.80. The van der Waals surface area contributed by atoms with E-state index in [0.29, 0.717) is 0 Å². The summed E-state index contributed by atoms with van der Waals surface area (Å²) in [7, 11) is 0. The Hall–Kier alpha value is -2.10. The maximum Gasteiger partial charge on any atom is 0.0956 e. The highest BCUT2D eigenvalue weighted by atomic mass is 15.1. The van der Waals surface area contributed by atoms with Gasteiger partial charge in [-0.05, 0) is 36.8 Å². The number of para-hydroxylation sites is 1. The molecule has 3 aromatic rings. The number of rotatable bonds is 3. The zero-order valence-electron chi connectivity index (χ0n) is 16.0. The average Bonchev–Trinajstić information content (AvgIpc) is 3.20. The van der Waals surface area contributed by atoms with Gasteiger partial charge in [-0.2, -0.15) is 10.2 Å². The summed E-state index contributed by atoms with van der Waals surface area (Å²) in [6.45, 7) is 11.3. The molecule has 0 fully saturated rings. The molecule has 4 heteroatoms. The van der Waals surface area contributed by atoms with Gasteiger partial charge in [0, 0.05) is 27.6 Å². The highest BCUT2D eigenvalue weighted by Crippen LogP contribution is 2.36. The highest BCUT2D eigenvalue weighted by molar-refractivity contribution is 5.85. The van der Waals surface area contributed by atoms with Crippen LogP contribution in [0.2, 0.25) is 0 Å². The minimum atomic E-state index is -0.0104. The first-order valence-corrected chi connectivity index (χ1v) is 9.30. The normalized spacial score (nSPS) is 15.1. The van der Waals surface area contributed by atoms with Crippen molar-refractivity contribution in [3.63, 3.8) is 0 Å². The molecule has 2 heterocycles. The molecule has 0 aliphatic heterocycles. The van der Waals surface area contributed by atoms with Gasteiger partial charge in [-0.15, -0.1) is 0 Å². The van der Waals surface area contributed by atoms with Crippen LogP contribution in [0.5, 0.6) is 0 Å². The molecular weight excluding hydrogens is 308 g/mol. The zero-order valence-corrected chi connectivity index (χ0v) is 16.0. The topological polar surface area (TPSA) is 57.4 Å². The fraction of sp³-hybridized carbons (Fsp3) is 0.524. The molecule has 132 valence electrons. The van der Waals surface area contributed by atoms with Gasteiger partial charge in [0.05, 0.1) is 11.2 Å². The fourth-order valence-electron chi connectivity index (χ4n) is 4.25. The maximum absolute atomic E-state index is 4.68. The molecule has 4 rings (SSSR count). The Balaban J connectivity index is 1.74. The van der Waals surface area contributed by atoms with Gasteiger partial charge in [-0.25, -0.2) is 0 Å². The minimum Gasteiger partial charge on any atom is -0.282 e. The predicted octanol–water partition coefficient (Wildman–Crippen LogP) is 4.59. The third-order valence-corrected chi connectivity index (χ3v) is 5.50. The van der Waals surface area contributed by atoms with Gasteiger partial charge in [0.2, 0.25) is 0 Å². The first-order valence-electron chi connectivity index (χ1n) is 9.30. The minimum absolute atomic E-state index is 0.0104. The number of hydrogen-bond donors (Lipinski definition) is 2. The number of nitrogens with zero attached hydrogens (tertiary/aromatic N) is 2. The van der Waals surface area contributed by atoms with Gasteiger partial charge >= 0.3 is 0 Å². The molecule has 0 unspecified atom stereocenters. The molecule has 2 aromatic heterocycles. The number of aromatic nitrogens is 4. The quantitative estimate of drug-likeness (QED) is 0.735. The van der Waals surface area contributed by atoms with Crippen molar-refractivity contribution in [3.8, 4) is 0 Å². The Morgan fingerprint density at radius 3 is 2.56 bits per heavy atom. The van der Waals surface area contributed by atoms with Gasteiger partial charge in [0.15, 0.2) is 0 Å². The largest absolute Gasteiger partial charge is 0.282 e. The molecule has 25 heavy (non-hydrogen) atoms. The number of aryl methyl sites for hydroxylation is 1. The van der Waals surface area contributed by atoms with Gasteiger partial charge in [-0.3, -0.25) is 10.2 Å². The highest BCUT2D eigenvalue weighted by Gasteiger charge is 2.31. The second-order valence-electron chi connectivity index (χ2n) is 9.11. The van der Waals surface area contributed by atoms with Crippen molar-refractivity contribution in [3.05, 3.63) is 46.4 Å². The molecule has 0 atom stereocenters. The van der Waals surface area contributed by atoms with Crippen LogP contribution < -0.4 is 0 Å². The fourth-order valence-corrected chi connectivity index (χ4v) is 4.25. The molecule has 2 N–H and O–H groups in total. The maximum atomic E-state index is 4.68. The second kappa shape index (κ2) is 5.45. The molecule has 0 amide bonds. The van der Waals surface area contributed by atoms with E-state index >= 15 is 0 Å². The van der Waals surface area contributed by atoms with Gasteiger partial charge in [0.1, 0.15) is 0 Å². The Labute approximate surface area is 149 Å². The van der Waals surface area contributed by atoms with E-state index < -0.39 is 0 Å². The molecule has 1 aromatic carbocycles. The standard InChI is InChI=1S/C21H28N4/c1-20(2,3)18-15-10-6-8-13(17(15)23-24-18)12-21(4,5)19-14-9-7-11-16(14)22-25-19/h6,8,10H,7,9,11-12H2,1-5H3,(H,22,25)(H,23,24). The van der Waals surface area contributed by atoms with Crippen LogP contribution in [0, 0.1) is 0 Å². The van der Waals surface area contributed by atoms with Crippen LogP contribution in [0.4, 0.5) is 0 Å². The van der Waals surface area contributed by atoms with Crippen LogP contribution >= 0.6 is 0 Å². The Bertz CT molecular complexity index is 921. The second-order valence-corrected chi connectivity index (χ2v) is 9.11. The number of hydrogen-bond acceptors (Lipinski definition) is 2. The average molecular weight is 336 g/mol. The zero-order chi connectivity index (χ0) is 17.8. The number of H-pyrrole nitrogens is 2. The summed E-state index contributed by atoms with van der Waals surface area (Å²) < 4.78 is 0. The van der Waals surface area contributed by atoms with Gasteiger partial charge in [0.25, 0.3) is 0 Å². The van der Waals surface area contributed by atoms with Crippen molar-refractivity contribution in [2.45, 2.75) is 71.1 Å². The van der Waals surface area contributed by atoms with E-state index in [1.165, 1.54) is 40.0 Å². The first kappa shape index (κ1) is 16.4. The van der Waals surface area contributed by atoms with E-state index in [1.807, 2.05) is 0 Å². The van der Waals surface area contributed by atoms with Crippen LogP contribution in [0.3, 0.4) is 0 Å². The molecule has 1 aliphatic carbocycles. The molecule has 0 saturated heterocycles. The smallest absolute Gasteiger partial charge is 0.0956 e. The van der Waals surface area contributed by atoms with Crippen LogP contribution in [-0.2, 0) is 30.1 Å². The van der Waals surface area contributed by atoms with Crippen LogP contribution in [0.15, 0.2) is 18.2 Å². The van der Waals surface area contributed by atoms with E-state index in [4.69, 9.17) is 0 Å². The van der Waals surface area contributed by atoms with Crippen molar-refractivity contribution in [2.75, 3.05) is 0 Å². The third-order valence-electron chi connectivity index (χ3n) is 5.50. The Morgan fingerprint density at radius 2 is 1.80 bits per heavy atom. The molecule has 0 saturated carbocycles. The lowest BCUT2D eigenvalue weighted by molar-refractivity contribution is 0.500. The molecule has 1 aliphatic rings. The molecule has 0 radical (unpaired) electrons.